The first kappa shape index (κ1) is 90.7. The van der Waals surface area contributed by atoms with Gasteiger partial charge in [-0.2, -0.15) is 0 Å². The molecule has 2 aliphatic rings. The van der Waals surface area contributed by atoms with Crippen molar-refractivity contribution >= 4 is 5.91 Å². The highest BCUT2D eigenvalue weighted by Gasteiger charge is 2.51. The van der Waals surface area contributed by atoms with E-state index in [1.807, 2.05) is 6.08 Å². The third-order valence-corrected chi connectivity index (χ3v) is 19.0. The van der Waals surface area contributed by atoms with Gasteiger partial charge in [0.1, 0.15) is 48.8 Å². The van der Waals surface area contributed by atoms with Gasteiger partial charge in [0.25, 0.3) is 0 Å². The summed E-state index contributed by atoms with van der Waals surface area (Å²) < 4.78 is 22.9. The van der Waals surface area contributed by atoms with Gasteiger partial charge >= 0.3 is 0 Å². The molecule has 14 heteroatoms. The van der Waals surface area contributed by atoms with Gasteiger partial charge in [0.05, 0.1) is 32.0 Å². The Hall–Kier alpha value is -3.35. The van der Waals surface area contributed by atoms with Gasteiger partial charge in [-0.15, -0.1) is 0 Å². The van der Waals surface area contributed by atoms with E-state index in [0.717, 1.165) is 96.3 Å². The molecule has 0 saturated carbocycles. The summed E-state index contributed by atoms with van der Waals surface area (Å²) >= 11 is 0. The van der Waals surface area contributed by atoms with E-state index in [1.165, 1.54) is 199 Å². The quantitative estimate of drug-likeness (QED) is 0.0204. The monoisotopic (exact) mass is 1380 g/mol. The summed E-state index contributed by atoms with van der Waals surface area (Å²) in [6.07, 6.45) is 80.1. The Morgan fingerprint density at radius 1 is 0.378 bits per heavy atom. The first-order chi connectivity index (χ1) is 48.1. The predicted octanol–water partition coefficient (Wildman–Crippen LogP) is 18.2. The Kier molecular flexibility index (Phi) is 61.9. The number of carbonyl (C=O) groups excluding carboxylic acids is 1. The number of ether oxygens (including phenoxy) is 4. The normalized spacial score (nSPS) is 22.6. The van der Waals surface area contributed by atoms with Crippen molar-refractivity contribution in [3.05, 3.63) is 109 Å². The summed E-state index contributed by atoms with van der Waals surface area (Å²) in [6.45, 7) is 2.72. The van der Waals surface area contributed by atoms with Crippen LogP contribution in [0.15, 0.2) is 109 Å². The average molecular weight is 1380 g/mol. The lowest BCUT2D eigenvalue weighted by molar-refractivity contribution is -0.359. The lowest BCUT2D eigenvalue weighted by Crippen LogP contribution is -2.65. The van der Waals surface area contributed by atoms with Gasteiger partial charge < -0.3 is 65.1 Å². The molecule has 12 atom stereocenters. The molecule has 0 aromatic heterocycles. The van der Waals surface area contributed by atoms with Crippen LogP contribution in [0.2, 0.25) is 0 Å². The molecule has 9 N–H and O–H groups in total. The van der Waals surface area contributed by atoms with Crippen LogP contribution >= 0.6 is 0 Å². The third-order valence-electron chi connectivity index (χ3n) is 19.0. The van der Waals surface area contributed by atoms with Crippen LogP contribution in [0.3, 0.4) is 0 Å². The topological polar surface area (TPSA) is 228 Å². The zero-order valence-corrected chi connectivity index (χ0v) is 62.0. The highest BCUT2D eigenvalue weighted by molar-refractivity contribution is 5.76. The summed E-state index contributed by atoms with van der Waals surface area (Å²) in [7, 11) is 0. The van der Waals surface area contributed by atoms with Crippen molar-refractivity contribution in [2.24, 2.45) is 0 Å². The molecule has 2 saturated heterocycles. The third kappa shape index (κ3) is 49.3. The van der Waals surface area contributed by atoms with E-state index in [0.29, 0.717) is 6.42 Å². The molecule has 566 valence electrons. The summed E-state index contributed by atoms with van der Waals surface area (Å²) in [6, 6.07) is -0.924. The van der Waals surface area contributed by atoms with Gasteiger partial charge in [-0.25, -0.2) is 0 Å². The second-order valence-electron chi connectivity index (χ2n) is 27.8. The molecule has 0 radical (unpaired) electrons. The smallest absolute Gasteiger partial charge is 0.220 e. The zero-order chi connectivity index (χ0) is 70.8. The molecule has 0 aromatic rings. The predicted molar refractivity (Wildman–Crippen MR) is 406 cm³/mol. The minimum atomic E-state index is -1.79. The molecule has 2 rings (SSSR count). The van der Waals surface area contributed by atoms with Crippen LogP contribution in [0.5, 0.6) is 0 Å². The Labute approximate surface area is 597 Å². The number of nitrogens with one attached hydrogen (secondary N) is 1. The lowest BCUT2D eigenvalue weighted by Gasteiger charge is -2.46. The molecular weight excluding hydrogens is 1230 g/mol. The van der Waals surface area contributed by atoms with Crippen molar-refractivity contribution < 1.29 is 64.6 Å². The van der Waals surface area contributed by atoms with E-state index in [9.17, 15) is 45.6 Å². The highest BCUT2D eigenvalue weighted by atomic mass is 16.7. The largest absolute Gasteiger partial charge is 0.394 e. The van der Waals surface area contributed by atoms with Crippen LogP contribution in [-0.2, 0) is 23.7 Å². The van der Waals surface area contributed by atoms with E-state index in [-0.39, 0.29) is 18.9 Å². The molecule has 0 aliphatic carbocycles. The number of allylic oxidation sites excluding steroid dienone is 17. The van der Waals surface area contributed by atoms with Gasteiger partial charge in [-0.1, -0.05) is 342 Å². The van der Waals surface area contributed by atoms with Gasteiger partial charge in [-0.05, 0) is 83.5 Å². The van der Waals surface area contributed by atoms with Crippen LogP contribution in [0, 0.1) is 0 Å². The van der Waals surface area contributed by atoms with Crippen LogP contribution in [0.4, 0.5) is 0 Å². The molecular formula is C84H147NO13. The summed E-state index contributed by atoms with van der Waals surface area (Å²) in [5.41, 5.74) is 0. The molecule has 2 aliphatic heterocycles. The Morgan fingerprint density at radius 2 is 0.704 bits per heavy atom. The Bertz CT molecular complexity index is 2070. The Morgan fingerprint density at radius 3 is 1.08 bits per heavy atom. The van der Waals surface area contributed by atoms with Gasteiger partial charge in [-0.3, -0.25) is 4.79 Å². The van der Waals surface area contributed by atoms with Crippen LogP contribution in [-0.4, -0.2) is 140 Å². The average Bonchev–Trinajstić information content (AvgIpc) is 0.793. The maximum Gasteiger partial charge on any atom is 0.220 e. The maximum atomic E-state index is 13.4. The number of rotatable bonds is 66. The number of amides is 1. The number of unbranched alkanes of at least 4 members (excludes halogenated alkanes) is 37. The number of carbonyl (C=O) groups is 1. The van der Waals surface area contributed by atoms with Gasteiger partial charge in [0.15, 0.2) is 12.6 Å². The number of aliphatic hydroxyl groups is 8. The van der Waals surface area contributed by atoms with Crippen molar-refractivity contribution in [2.45, 2.75) is 396 Å². The van der Waals surface area contributed by atoms with Gasteiger partial charge in [0, 0.05) is 6.42 Å². The molecule has 14 nitrogen and oxygen atoms in total. The first-order valence-corrected chi connectivity index (χ1v) is 40.1. The molecule has 12 unspecified atom stereocenters. The lowest BCUT2D eigenvalue weighted by atomic mass is 9.97. The molecule has 98 heavy (non-hydrogen) atoms. The Balaban J connectivity index is 1.63. The molecule has 2 heterocycles. The summed E-state index contributed by atoms with van der Waals surface area (Å²) in [4.78, 5) is 13.4. The van der Waals surface area contributed by atoms with Crippen molar-refractivity contribution in [3.63, 3.8) is 0 Å². The van der Waals surface area contributed by atoms with E-state index in [2.05, 4.69) is 116 Å². The highest BCUT2D eigenvalue weighted by Crippen LogP contribution is 2.30. The van der Waals surface area contributed by atoms with E-state index >= 15 is 0 Å². The zero-order valence-electron chi connectivity index (χ0n) is 62.0. The standard InChI is InChI=1S/C84H147NO13/c1-3-5-7-9-11-13-15-17-19-21-23-25-27-29-31-32-33-34-35-36-37-38-39-40-42-44-46-48-50-52-54-56-58-60-62-64-66-68-76(89)85-72(71-95-83-81(94)79(92)82(75(70-87)97-83)98-84-80(93)78(91)77(90)74(69-86)96-84)73(88)67-65-63-61-59-57-55-53-51-49-47-45-43-41-30-28-26-24-22-20-18-16-14-12-10-8-6-4-2/h5,7,11,13,17,19,23,25,29,31,33-34,36-37,39-40,65,67,72-75,77-84,86-88,90-94H,3-4,6,8-10,12,14-16,18,20-22,24,26-28,30,32,35,38,41-64,66,68-71H2,1-2H3,(H,85,89)/b7-5-,13-11-,19-17-,25-23-,31-29-,34-33-,37-36-,40-39-,67-65+. The second-order valence-corrected chi connectivity index (χ2v) is 27.8. The van der Waals surface area contributed by atoms with Crippen molar-refractivity contribution in [1.82, 2.24) is 5.32 Å². The number of hydrogen-bond donors (Lipinski definition) is 9. The molecule has 0 bridgehead atoms. The van der Waals surface area contributed by atoms with Crippen molar-refractivity contribution in [1.29, 1.82) is 0 Å². The molecule has 1 amide bonds. The molecule has 0 spiro atoms. The second kappa shape index (κ2) is 66.9. The fraction of sp³-hybridized carbons (Fsp3) is 0.774. The van der Waals surface area contributed by atoms with Crippen molar-refractivity contribution in [2.75, 3.05) is 19.8 Å². The fourth-order valence-corrected chi connectivity index (χ4v) is 12.7. The SMILES string of the molecule is CC/C=C\C/C=C\C/C=C\C/C=C\C/C=C\C/C=C\C/C=C\C/C=C\CCCCCCCCCCCCCCC(=O)NC(COC1OC(CO)C(OC2OC(CO)C(O)C(O)C2O)C(O)C1O)C(O)/C=C/CCCCCCCCCCCCCCCCCCCCCCCCCCC. The summed E-state index contributed by atoms with van der Waals surface area (Å²) in [5, 5.41) is 87.7. The van der Waals surface area contributed by atoms with Gasteiger partial charge in [0.2, 0.25) is 5.91 Å². The number of aliphatic hydroxyl groups excluding tert-OH is 8. The summed E-state index contributed by atoms with van der Waals surface area (Å²) in [5.74, 6) is -0.241. The fourth-order valence-electron chi connectivity index (χ4n) is 12.7. The van der Waals surface area contributed by atoms with Crippen LogP contribution in [0.25, 0.3) is 0 Å². The van der Waals surface area contributed by atoms with E-state index < -0.39 is 86.8 Å². The minimum absolute atomic E-state index is 0.241. The van der Waals surface area contributed by atoms with Crippen LogP contribution < -0.4 is 5.32 Å². The van der Waals surface area contributed by atoms with E-state index in [4.69, 9.17) is 18.9 Å². The molecule has 2 fully saturated rings. The number of hydrogen-bond acceptors (Lipinski definition) is 13. The van der Waals surface area contributed by atoms with E-state index in [1.54, 1.807) is 6.08 Å². The maximum absolute atomic E-state index is 13.4. The molecule has 0 aromatic carbocycles. The minimum Gasteiger partial charge on any atom is -0.394 e. The first-order valence-electron chi connectivity index (χ1n) is 40.1. The van der Waals surface area contributed by atoms with Crippen molar-refractivity contribution in [3.8, 4) is 0 Å². The van der Waals surface area contributed by atoms with Crippen LogP contribution in [0.1, 0.15) is 322 Å².